The number of nitrogens with zero attached hydrogens (tertiary/aromatic N) is 2. The second-order valence-corrected chi connectivity index (χ2v) is 9.00. The third kappa shape index (κ3) is 4.57. The van der Waals surface area contributed by atoms with Crippen LogP contribution < -0.4 is 10.2 Å². The van der Waals surface area contributed by atoms with Gasteiger partial charge in [0.1, 0.15) is 12.6 Å². The molecule has 1 aliphatic heterocycles. The van der Waals surface area contributed by atoms with Gasteiger partial charge in [-0.3, -0.25) is 19.3 Å². The van der Waals surface area contributed by atoms with Gasteiger partial charge < -0.3 is 10.2 Å². The van der Waals surface area contributed by atoms with Crippen LogP contribution in [0, 0.1) is 0 Å². The molecule has 4 rings (SSSR count). The van der Waals surface area contributed by atoms with Gasteiger partial charge in [0.05, 0.1) is 5.69 Å². The lowest BCUT2D eigenvalue weighted by Gasteiger charge is -2.31. The molecule has 3 aromatic carbocycles. The van der Waals surface area contributed by atoms with Crippen molar-refractivity contribution in [2.75, 3.05) is 11.4 Å². The fourth-order valence-corrected chi connectivity index (χ4v) is 4.39. The van der Waals surface area contributed by atoms with Crippen LogP contribution in [0.2, 0.25) is 5.02 Å². The maximum absolute atomic E-state index is 13.6. The maximum Gasteiger partial charge on any atom is 0.259 e. The van der Waals surface area contributed by atoms with Crippen LogP contribution in [0.15, 0.2) is 60.7 Å². The lowest BCUT2D eigenvalue weighted by atomic mass is 10.1. The van der Waals surface area contributed by atoms with Gasteiger partial charge in [0.25, 0.3) is 5.91 Å². The van der Waals surface area contributed by atoms with Gasteiger partial charge in [0.15, 0.2) is 0 Å². The summed E-state index contributed by atoms with van der Waals surface area (Å²) in [5.41, 5.74) is 2.10. The molecule has 3 amide bonds. The Morgan fingerprint density at radius 1 is 1.03 bits per heavy atom. The monoisotopic (exact) mass is 463 g/mol. The zero-order valence-corrected chi connectivity index (χ0v) is 19.6. The fourth-order valence-electron chi connectivity index (χ4n) is 4.18. The summed E-state index contributed by atoms with van der Waals surface area (Å²) in [6.07, 6.45) is 0. The third-order valence-electron chi connectivity index (χ3n) is 5.78. The van der Waals surface area contributed by atoms with Crippen LogP contribution in [0.25, 0.3) is 10.8 Å². The van der Waals surface area contributed by atoms with Crippen molar-refractivity contribution >= 4 is 45.8 Å². The van der Waals surface area contributed by atoms with Crippen LogP contribution in [0.3, 0.4) is 0 Å². The lowest BCUT2D eigenvalue weighted by Crippen LogP contribution is -2.51. The molecule has 0 fully saturated rings. The Hall–Kier alpha value is -3.38. The summed E-state index contributed by atoms with van der Waals surface area (Å²) >= 11 is 6.14. The largest absolute Gasteiger partial charge is 0.352 e. The zero-order chi connectivity index (χ0) is 23.7. The minimum atomic E-state index is -0.727. The number of anilines is 1. The van der Waals surface area contributed by atoms with Gasteiger partial charge in [-0.25, -0.2) is 0 Å². The Labute approximate surface area is 198 Å². The highest BCUT2D eigenvalue weighted by Crippen LogP contribution is 2.37. The topological polar surface area (TPSA) is 69.7 Å². The molecule has 0 aliphatic carbocycles. The Morgan fingerprint density at radius 3 is 2.42 bits per heavy atom. The van der Waals surface area contributed by atoms with Gasteiger partial charge in [-0.2, -0.15) is 0 Å². The first kappa shape index (κ1) is 22.8. The van der Waals surface area contributed by atoms with Crippen LogP contribution in [-0.4, -0.2) is 41.2 Å². The van der Waals surface area contributed by atoms with E-state index in [4.69, 9.17) is 11.6 Å². The van der Waals surface area contributed by atoms with E-state index in [1.807, 2.05) is 50.2 Å². The second-order valence-electron chi connectivity index (χ2n) is 8.56. The summed E-state index contributed by atoms with van der Waals surface area (Å²) in [6.45, 7) is 5.47. The molecular weight excluding hydrogens is 438 g/mol. The van der Waals surface area contributed by atoms with Crippen molar-refractivity contribution in [3.63, 3.8) is 0 Å². The number of halogens is 1. The summed E-state index contributed by atoms with van der Waals surface area (Å²) in [5, 5.41) is 5.22. The summed E-state index contributed by atoms with van der Waals surface area (Å²) < 4.78 is 0. The molecule has 1 aliphatic rings. The minimum absolute atomic E-state index is 0.0599. The van der Waals surface area contributed by atoms with Gasteiger partial charge in [-0.1, -0.05) is 48.0 Å². The van der Waals surface area contributed by atoms with Crippen LogP contribution in [-0.2, 0) is 16.1 Å². The van der Waals surface area contributed by atoms with Gasteiger partial charge in [0, 0.05) is 28.6 Å². The highest BCUT2D eigenvalue weighted by molar-refractivity contribution is 6.30. The molecule has 0 aromatic heterocycles. The number of hydrogen-bond donors (Lipinski definition) is 1. The van der Waals surface area contributed by atoms with Crippen molar-refractivity contribution in [3.8, 4) is 0 Å². The molecule has 170 valence electrons. The van der Waals surface area contributed by atoms with E-state index in [1.54, 1.807) is 31.2 Å². The smallest absolute Gasteiger partial charge is 0.259 e. The number of carbonyl (C=O) groups excluding carboxylic acids is 3. The van der Waals surface area contributed by atoms with E-state index in [9.17, 15) is 14.4 Å². The van der Waals surface area contributed by atoms with E-state index in [-0.39, 0.29) is 36.9 Å². The molecule has 7 heteroatoms. The first-order valence-electron chi connectivity index (χ1n) is 10.9. The number of hydrogen-bond acceptors (Lipinski definition) is 3. The third-order valence-corrected chi connectivity index (χ3v) is 6.02. The summed E-state index contributed by atoms with van der Waals surface area (Å²) in [6, 6.07) is 17.6. The van der Waals surface area contributed by atoms with Gasteiger partial charge in [0.2, 0.25) is 11.8 Å². The Balaban J connectivity index is 1.63. The number of amides is 3. The molecule has 3 aromatic rings. The van der Waals surface area contributed by atoms with Crippen LogP contribution >= 0.6 is 11.6 Å². The number of carbonyl (C=O) groups is 3. The second kappa shape index (κ2) is 9.24. The maximum atomic E-state index is 13.6. The van der Waals surface area contributed by atoms with Crippen molar-refractivity contribution in [2.24, 2.45) is 0 Å². The molecule has 1 atom stereocenters. The Morgan fingerprint density at radius 2 is 1.73 bits per heavy atom. The van der Waals surface area contributed by atoms with Crippen molar-refractivity contribution < 1.29 is 14.4 Å². The predicted octanol–water partition coefficient (Wildman–Crippen LogP) is 4.40. The Kier molecular flexibility index (Phi) is 6.38. The van der Waals surface area contributed by atoms with Gasteiger partial charge in [-0.15, -0.1) is 0 Å². The number of nitrogens with one attached hydrogen (secondary N) is 1. The van der Waals surface area contributed by atoms with E-state index in [0.717, 1.165) is 16.3 Å². The molecule has 0 bridgehead atoms. The summed E-state index contributed by atoms with van der Waals surface area (Å²) in [4.78, 5) is 42.5. The summed E-state index contributed by atoms with van der Waals surface area (Å²) in [7, 11) is 0. The molecule has 0 unspecified atom stereocenters. The molecule has 33 heavy (non-hydrogen) atoms. The van der Waals surface area contributed by atoms with Gasteiger partial charge >= 0.3 is 0 Å². The average Bonchev–Trinajstić information content (AvgIpc) is 3.04. The standard InChI is InChI=1S/C26H26ClN3O3/c1-16(2)28-25(32)17(3)29(14-18-7-4-10-20(27)13-18)23(31)15-30-22-12-6-9-19-8-5-11-21(24(19)22)26(30)33/h4-13,16-17H,14-15H2,1-3H3,(H,28,32)/t17-/m0/s1. The van der Waals surface area contributed by atoms with E-state index in [2.05, 4.69) is 5.32 Å². The molecule has 1 N–H and O–H groups in total. The van der Waals surface area contributed by atoms with E-state index in [0.29, 0.717) is 16.3 Å². The van der Waals surface area contributed by atoms with E-state index < -0.39 is 6.04 Å². The van der Waals surface area contributed by atoms with Gasteiger partial charge in [-0.05, 0) is 56.0 Å². The first-order valence-corrected chi connectivity index (χ1v) is 11.3. The molecule has 0 saturated heterocycles. The lowest BCUT2D eigenvalue weighted by molar-refractivity contribution is -0.139. The van der Waals surface area contributed by atoms with Crippen molar-refractivity contribution in [1.29, 1.82) is 0 Å². The SMILES string of the molecule is CC(C)NC(=O)[C@H](C)N(Cc1cccc(Cl)c1)C(=O)CN1C(=O)c2cccc3cccc1c23. The van der Waals surface area contributed by atoms with Crippen molar-refractivity contribution in [1.82, 2.24) is 10.2 Å². The van der Waals surface area contributed by atoms with E-state index >= 15 is 0 Å². The van der Waals surface area contributed by atoms with Crippen molar-refractivity contribution in [2.45, 2.75) is 39.4 Å². The van der Waals surface area contributed by atoms with Crippen LogP contribution in [0.4, 0.5) is 5.69 Å². The van der Waals surface area contributed by atoms with Crippen molar-refractivity contribution in [3.05, 3.63) is 76.8 Å². The fraction of sp³-hybridized carbons (Fsp3) is 0.269. The van der Waals surface area contributed by atoms with Crippen LogP contribution in [0.5, 0.6) is 0 Å². The highest BCUT2D eigenvalue weighted by Gasteiger charge is 2.34. The molecule has 0 radical (unpaired) electrons. The Bertz CT molecular complexity index is 1240. The molecule has 0 spiro atoms. The minimum Gasteiger partial charge on any atom is -0.352 e. The average molecular weight is 464 g/mol. The summed E-state index contributed by atoms with van der Waals surface area (Å²) in [5.74, 6) is -0.782. The quantitative estimate of drug-likeness (QED) is 0.564. The molecule has 1 heterocycles. The highest BCUT2D eigenvalue weighted by atomic mass is 35.5. The van der Waals surface area contributed by atoms with E-state index in [1.165, 1.54) is 9.80 Å². The molecule has 6 nitrogen and oxygen atoms in total. The number of rotatable bonds is 7. The normalized spacial score (nSPS) is 13.5. The number of benzene rings is 3. The molecular formula is C26H26ClN3O3. The molecule has 0 saturated carbocycles. The van der Waals surface area contributed by atoms with Crippen LogP contribution in [0.1, 0.15) is 36.7 Å². The zero-order valence-electron chi connectivity index (χ0n) is 18.8. The first-order chi connectivity index (χ1) is 15.8. The predicted molar refractivity (Wildman–Crippen MR) is 130 cm³/mol.